The van der Waals surface area contributed by atoms with Crippen LogP contribution in [0.1, 0.15) is 12.8 Å². The van der Waals surface area contributed by atoms with Crippen molar-refractivity contribution < 1.29 is 14.6 Å². The summed E-state index contributed by atoms with van der Waals surface area (Å²) >= 11 is 0. The normalized spacial score (nSPS) is 25.5. The molecule has 1 rings (SSSR count). The molecule has 88 valence electrons. The second kappa shape index (κ2) is 5.44. The summed E-state index contributed by atoms with van der Waals surface area (Å²) in [6, 6.07) is 0. The lowest BCUT2D eigenvalue weighted by Crippen LogP contribution is -2.42. The monoisotopic (exact) mass is 216 g/mol. The van der Waals surface area contributed by atoms with E-state index < -0.39 is 5.60 Å². The molecule has 5 nitrogen and oxygen atoms in total. The van der Waals surface area contributed by atoms with E-state index in [2.05, 4.69) is 5.32 Å². The van der Waals surface area contributed by atoms with Gasteiger partial charge in [0.1, 0.15) is 5.60 Å². The molecule has 1 atom stereocenters. The molecule has 1 aliphatic rings. The van der Waals surface area contributed by atoms with Gasteiger partial charge in [-0.05, 0) is 0 Å². The highest BCUT2D eigenvalue weighted by atomic mass is 16.5. The number of nitrogens with zero attached hydrogens (tertiary/aromatic N) is 1. The zero-order valence-corrected chi connectivity index (χ0v) is 9.45. The summed E-state index contributed by atoms with van der Waals surface area (Å²) in [6.07, 6.45) is 1.13. The van der Waals surface area contributed by atoms with E-state index in [1.54, 1.807) is 19.0 Å². The fourth-order valence-electron chi connectivity index (χ4n) is 1.48. The van der Waals surface area contributed by atoms with Gasteiger partial charge in [-0.25, -0.2) is 0 Å². The van der Waals surface area contributed by atoms with Crippen molar-refractivity contribution in [2.75, 3.05) is 40.4 Å². The Bertz CT molecular complexity index is 213. The van der Waals surface area contributed by atoms with Crippen LogP contribution in [0.4, 0.5) is 0 Å². The van der Waals surface area contributed by atoms with Gasteiger partial charge in [-0.3, -0.25) is 4.79 Å². The van der Waals surface area contributed by atoms with E-state index in [1.807, 2.05) is 0 Å². The van der Waals surface area contributed by atoms with E-state index >= 15 is 0 Å². The fourth-order valence-corrected chi connectivity index (χ4v) is 1.48. The molecule has 1 aliphatic heterocycles. The highest BCUT2D eigenvalue weighted by molar-refractivity contribution is 5.75. The first-order valence-electron chi connectivity index (χ1n) is 5.24. The van der Waals surface area contributed by atoms with Crippen molar-refractivity contribution in [3.63, 3.8) is 0 Å². The van der Waals surface area contributed by atoms with Crippen molar-refractivity contribution in [3.8, 4) is 0 Å². The number of aliphatic hydroxyl groups is 1. The molecule has 1 heterocycles. The maximum atomic E-state index is 11.2. The van der Waals surface area contributed by atoms with Gasteiger partial charge in [-0.2, -0.15) is 0 Å². The van der Waals surface area contributed by atoms with Crippen molar-refractivity contribution in [2.45, 2.75) is 18.4 Å². The summed E-state index contributed by atoms with van der Waals surface area (Å²) in [7, 11) is 3.47. The summed E-state index contributed by atoms with van der Waals surface area (Å²) in [5.41, 5.74) is -0.735. The molecule has 1 fully saturated rings. The molecule has 5 heteroatoms. The number of rotatable bonds is 5. The molecule has 0 radical (unpaired) electrons. The third-order valence-corrected chi connectivity index (χ3v) is 2.55. The van der Waals surface area contributed by atoms with Crippen LogP contribution < -0.4 is 5.32 Å². The molecule has 0 bridgehead atoms. The van der Waals surface area contributed by atoms with Gasteiger partial charge in [-0.1, -0.05) is 0 Å². The Morgan fingerprint density at radius 3 is 2.87 bits per heavy atom. The van der Waals surface area contributed by atoms with Crippen LogP contribution in [0, 0.1) is 0 Å². The van der Waals surface area contributed by atoms with Crippen LogP contribution in [0.2, 0.25) is 0 Å². The van der Waals surface area contributed by atoms with Crippen LogP contribution >= 0.6 is 0 Å². The standard InChI is InChI=1S/C10H20N2O3/c1-12(2)9(13)3-5-11-7-10(14)4-6-15-8-10/h11,14H,3-8H2,1-2H3. The predicted octanol–water partition coefficient (Wildman–Crippen LogP) is -0.794. The molecule has 1 amide bonds. The Morgan fingerprint density at radius 1 is 1.60 bits per heavy atom. The van der Waals surface area contributed by atoms with Gasteiger partial charge >= 0.3 is 0 Å². The Labute approximate surface area is 90.4 Å². The molecular formula is C10H20N2O3. The number of amides is 1. The summed E-state index contributed by atoms with van der Waals surface area (Å²) in [5, 5.41) is 13.0. The molecule has 0 spiro atoms. The van der Waals surface area contributed by atoms with Crippen LogP contribution in [0.25, 0.3) is 0 Å². The van der Waals surface area contributed by atoms with Gasteiger partial charge < -0.3 is 20.1 Å². The smallest absolute Gasteiger partial charge is 0.223 e. The zero-order valence-electron chi connectivity index (χ0n) is 9.45. The summed E-state index contributed by atoms with van der Waals surface area (Å²) in [6.45, 7) is 2.10. The Morgan fingerprint density at radius 2 is 2.33 bits per heavy atom. The van der Waals surface area contributed by atoms with E-state index in [-0.39, 0.29) is 5.91 Å². The molecular weight excluding hydrogens is 196 g/mol. The van der Waals surface area contributed by atoms with Crippen molar-refractivity contribution >= 4 is 5.91 Å². The predicted molar refractivity (Wildman–Crippen MR) is 56.6 cm³/mol. The first kappa shape index (κ1) is 12.4. The van der Waals surface area contributed by atoms with Crippen LogP contribution in [0.3, 0.4) is 0 Å². The van der Waals surface area contributed by atoms with Crippen LogP contribution in [-0.2, 0) is 9.53 Å². The van der Waals surface area contributed by atoms with Gasteiger partial charge in [0.2, 0.25) is 5.91 Å². The molecule has 2 N–H and O–H groups in total. The Balaban J connectivity index is 2.08. The van der Waals surface area contributed by atoms with E-state index in [4.69, 9.17) is 4.74 Å². The Kier molecular flexibility index (Phi) is 4.50. The van der Waals surface area contributed by atoms with Gasteiger partial charge in [0.15, 0.2) is 0 Å². The number of hydrogen-bond acceptors (Lipinski definition) is 4. The summed E-state index contributed by atoms with van der Waals surface area (Å²) in [5.74, 6) is 0.0946. The lowest BCUT2D eigenvalue weighted by Gasteiger charge is -2.20. The zero-order chi connectivity index (χ0) is 11.3. The van der Waals surface area contributed by atoms with E-state index in [1.165, 1.54) is 0 Å². The third-order valence-electron chi connectivity index (χ3n) is 2.55. The topological polar surface area (TPSA) is 61.8 Å². The average Bonchev–Trinajstić information content (AvgIpc) is 2.60. The number of nitrogens with one attached hydrogen (secondary N) is 1. The van der Waals surface area contributed by atoms with Gasteiger partial charge in [0.05, 0.1) is 6.61 Å². The summed E-state index contributed by atoms with van der Waals surface area (Å²) < 4.78 is 5.11. The Hall–Kier alpha value is -0.650. The lowest BCUT2D eigenvalue weighted by molar-refractivity contribution is -0.128. The quantitative estimate of drug-likeness (QED) is 0.591. The SMILES string of the molecule is CN(C)C(=O)CCNCC1(O)CCOC1. The molecule has 0 aromatic rings. The molecule has 0 aromatic heterocycles. The fraction of sp³-hybridized carbons (Fsp3) is 0.900. The first-order valence-corrected chi connectivity index (χ1v) is 5.24. The number of carbonyl (C=O) groups is 1. The number of hydrogen-bond donors (Lipinski definition) is 2. The molecule has 1 unspecified atom stereocenters. The molecule has 15 heavy (non-hydrogen) atoms. The van der Waals surface area contributed by atoms with Crippen molar-refractivity contribution in [2.24, 2.45) is 0 Å². The van der Waals surface area contributed by atoms with Crippen LogP contribution in [0.5, 0.6) is 0 Å². The third kappa shape index (κ3) is 4.15. The molecule has 0 aromatic carbocycles. The highest BCUT2D eigenvalue weighted by Gasteiger charge is 2.31. The maximum absolute atomic E-state index is 11.2. The van der Waals surface area contributed by atoms with E-state index in [0.717, 1.165) is 0 Å². The molecule has 1 saturated heterocycles. The second-order valence-electron chi connectivity index (χ2n) is 4.24. The van der Waals surface area contributed by atoms with Crippen LogP contribution in [-0.4, -0.2) is 61.9 Å². The van der Waals surface area contributed by atoms with E-state index in [9.17, 15) is 9.90 Å². The van der Waals surface area contributed by atoms with Crippen molar-refractivity contribution in [1.82, 2.24) is 10.2 Å². The van der Waals surface area contributed by atoms with E-state index in [0.29, 0.717) is 39.1 Å². The van der Waals surface area contributed by atoms with Crippen molar-refractivity contribution in [3.05, 3.63) is 0 Å². The van der Waals surface area contributed by atoms with Crippen LogP contribution in [0.15, 0.2) is 0 Å². The lowest BCUT2D eigenvalue weighted by atomic mass is 10.0. The number of ether oxygens (including phenoxy) is 1. The second-order valence-corrected chi connectivity index (χ2v) is 4.24. The first-order chi connectivity index (χ1) is 7.03. The molecule has 0 saturated carbocycles. The van der Waals surface area contributed by atoms with Gasteiger partial charge in [0, 0.05) is 46.6 Å². The average molecular weight is 216 g/mol. The van der Waals surface area contributed by atoms with Gasteiger partial charge in [0.25, 0.3) is 0 Å². The largest absolute Gasteiger partial charge is 0.386 e. The number of carbonyl (C=O) groups excluding carboxylic acids is 1. The van der Waals surface area contributed by atoms with Gasteiger partial charge in [-0.15, -0.1) is 0 Å². The van der Waals surface area contributed by atoms with Crippen molar-refractivity contribution in [1.29, 1.82) is 0 Å². The maximum Gasteiger partial charge on any atom is 0.223 e. The molecule has 0 aliphatic carbocycles. The minimum Gasteiger partial charge on any atom is -0.386 e. The highest BCUT2D eigenvalue weighted by Crippen LogP contribution is 2.16. The summed E-state index contributed by atoms with van der Waals surface area (Å²) in [4.78, 5) is 12.8. The minimum absolute atomic E-state index is 0.0946. The minimum atomic E-state index is -0.735.